The number of nitrogens with one attached hydrogen (secondary N) is 1. The molecule has 1 amide bonds. The molecule has 0 aromatic rings. The summed E-state index contributed by atoms with van der Waals surface area (Å²) in [4.78, 5) is 34.3. The lowest BCUT2D eigenvalue weighted by atomic mass is 10.1. The molecule has 28 heavy (non-hydrogen) atoms. The third-order valence-corrected chi connectivity index (χ3v) is 5.12. The molecule has 0 saturated carbocycles. The summed E-state index contributed by atoms with van der Waals surface area (Å²) < 4.78 is 0. The summed E-state index contributed by atoms with van der Waals surface area (Å²) in [5.41, 5.74) is 5.28. The highest BCUT2D eigenvalue weighted by Gasteiger charge is 2.08. The second-order valence-electron chi connectivity index (χ2n) is 7.72. The van der Waals surface area contributed by atoms with E-state index in [9.17, 15) is 14.4 Å². The summed E-state index contributed by atoms with van der Waals surface area (Å²) in [7, 11) is 0. The number of nitrogens with two attached hydrogens (primary N) is 1. The molecule has 0 aliphatic rings. The van der Waals surface area contributed by atoms with Gasteiger partial charge in [-0.3, -0.25) is 4.79 Å². The molecular weight excluding hydrogens is 354 g/mol. The Hall–Kier alpha value is -1.27. The first-order valence-corrected chi connectivity index (χ1v) is 11.2. The molecule has 0 saturated heterocycles. The predicted molar refractivity (Wildman–Crippen MR) is 115 cm³/mol. The fourth-order valence-corrected chi connectivity index (χ4v) is 3.24. The normalized spacial score (nSPS) is 12.2. The van der Waals surface area contributed by atoms with Crippen LogP contribution in [0.5, 0.6) is 0 Å². The minimum absolute atomic E-state index is 0.272. The Labute approximate surface area is 172 Å². The average molecular weight is 398 g/mol. The summed E-state index contributed by atoms with van der Waals surface area (Å²) in [6.07, 6.45) is 16.0. The second-order valence-corrected chi connectivity index (χ2v) is 7.72. The van der Waals surface area contributed by atoms with Gasteiger partial charge in [-0.05, 0) is 65.2 Å². The molecule has 6 nitrogen and oxygen atoms in total. The van der Waals surface area contributed by atoms with Crippen LogP contribution in [0.3, 0.4) is 0 Å². The number of primary amides is 1. The number of carbonyl (C=O) groups excluding carboxylic acids is 3. The van der Waals surface area contributed by atoms with E-state index >= 15 is 0 Å². The number of unbranched alkanes of at least 4 members (excludes halogenated alkanes) is 10. The van der Waals surface area contributed by atoms with Crippen LogP contribution in [0.4, 0.5) is 0 Å². The molecule has 0 fully saturated rings. The van der Waals surface area contributed by atoms with Crippen molar-refractivity contribution in [3.8, 4) is 0 Å². The first-order chi connectivity index (χ1) is 13.6. The third-order valence-electron chi connectivity index (χ3n) is 5.12. The largest absolute Gasteiger partial charge is 0.368 e. The van der Waals surface area contributed by atoms with E-state index in [1.54, 1.807) is 6.92 Å². The average Bonchev–Trinajstić information content (AvgIpc) is 2.68. The van der Waals surface area contributed by atoms with Crippen molar-refractivity contribution in [1.29, 1.82) is 0 Å². The van der Waals surface area contributed by atoms with Crippen molar-refractivity contribution in [2.75, 3.05) is 26.2 Å². The minimum atomic E-state index is -0.305. The molecule has 6 heteroatoms. The molecule has 0 aromatic heterocycles. The smallest absolute Gasteiger partial charge is 0.234 e. The van der Waals surface area contributed by atoms with Crippen LogP contribution in [-0.2, 0) is 14.4 Å². The molecule has 0 radical (unpaired) electrons. The van der Waals surface area contributed by atoms with Gasteiger partial charge in [0.2, 0.25) is 5.91 Å². The standard InChI is InChI=1S/C22H43N3O3/c1-21(22(23)28)24-15-14-18-25(16-10-6-2-4-8-12-19-26)17-11-7-3-5-9-13-20-27/h19-21,24H,2-18H2,1H3,(H2,23,28). The Morgan fingerprint density at radius 1 is 0.786 bits per heavy atom. The Kier molecular flexibility index (Phi) is 19.5. The van der Waals surface area contributed by atoms with Crippen LogP contribution in [-0.4, -0.2) is 55.6 Å². The first kappa shape index (κ1) is 26.7. The monoisotopic (exact) mass is 397 g/mol. The molecule has 0 heterocycles. The third kappa shape index (κ3) is 18.1. The van der Waals surface area contributed by atoms with E-state index in [0.717, 1.165) is 70.9 Å². The van der Waals surface area contributed by atoms with E-state index in [1.165, 1.54) is 38.5 Å². The van der Waals surface area contributed by atoms with Crippen molar-refractivity contribution in [1.82, 2.24) is 10.2 Å². The Balaban J connectivity index is 3.96. The summed E-state index contributed by atoms with van der Waals surface area (Å²) in [6.45, 7) is 5.87. The minimum Gasteiger partial charge on any atom is -0.368 e. The van der Waals surface area contributed by atoms with E-state index < -0.39 is 0 Å². The topological polar surface area (TPSA) is 92.5 Å². The van der Waals surface area contributed by atoms with Crippen LogP contribution in [0.1, 0.15) is 90.4 Å². The molecule has 0 bridgehead atoms. The zero-order valence-corrected chi connectivity index (χ0v) is 18.0. The van der Waals surface area contributed by atoms with Gasteiger partial charge in [-0.1, -0.05) is 38.5 Å². The van der Waals surface area contributed by atoms with Crippen LogP contribution >= 0.6 is 0 Å². The number of hydrogen-bond donors (Lipinski definition) is 2. The maximum atomic E-state index is 11.1. The van der Waals surface area contributed by atoms with Gasteiger partial charge in [-0.2, -0.15) is 0 Å². The number of rotatable bonds is 22. The van der Waals surface area contributed by atoms with E-state index in [4.69, 9.17) is 5.73 Å². The lowest BCUT2D eigenvalue weighted by Gasteiger charge is -2.23. The molecular formula is C22H43N3O3. The lowest BCUT2D eigenvalue weighted by molar-refractivity contribution is -0.119. The molecule has 1 unspecified atom stereocenters. The van der Waals surface area contributed by atoms with E-state index in [0.29, 0.717) is 12.8 Å². The van der Waals surface area contributed by atoms with Crippen LogP contribution in [0.25, 0.3) is 0 Å². The summed E-state index contributed by atoms with van der Waals surface area (Å²) in [5.74, 6) is -0.305. The number of carbonyl (C=O) groups is 3. The number of hydrogen-bond acceptors (Lipinski definition) is 5. The van der Waals surface area contributed by atoms with Gasteiger partial charge in [0.25, 0.3) is 0 Å². The molecule has 0 aliphatic carbocycles. The van der Waals surface area contributed by atoms with Crippen LogP contribution in [0.15, 0.2) is 0 Å². The van der Waals surface area contributed by atoms with Gasteiger partial charge in [-0.15, -0.1) is 0 Å². The fraction of sp³-hybridized carbons (Fsp3) is 0.864. The van der Waals surface area contributed by atoms with Crippen molar-refractivity contribution >= 4 is 18.5 Å². The Morgan fingerprint density at radius 2 is 1.21 bits per heavy atom. The van der Waals surface area contributed by atoms with Gasteiger partial charge in [-0.25, -0.2) is 0 Å². The van der Waals surface area contributed by atoms with Crippen molar-refractivity contribution in [2.45, 2.75) is 96.4 Å². The van der Waals surface area contributed by atoms with Crippen LogP contribution < -0.4 is 11.1 Å². The Bertz CT molecular complexity index is 369. The molecule has 0 aliphatic heterocycles. The van der Waals surface area contributed by atoms with E-state index in [1.807, 2.05) is 0 Å². The zero-order chi connectivity index (χ0) is 20.9. The van der Waals surface area contributed by atoms with E-state index in [-0.39, 0.29) is 11.9 Å². The first-order valence-electron chi connectivity index (χ1n) is 11.2. The van der Waals surface area contributed by atoms with Gasteiger partial charge < -0.3 is 25.5 Å². The second kappa shape index (κ2) is 20.5. The molecule has 1 atom stereocenters. The van der Waals surface area contributed by atoms with Gasteiger partial charge >= 0.3 is 0 Å². The van der Waals surface area contributed by atoms with Gasteiger partial charge in [0, 0.05) is 12.8 Å². The lowest BCUT2D eigenvalue weighted by Crippen LogP contribution is -2.40. The van der Waals surface area contributed by atoms with Crippen molar-refractivity contribution in [2.24, 2.45) is 5.73 Å². The predicted octanol–water partition coefficient (Wildman–Crippen LogP) is 3.22. The van der Waals surface area contributed by atoms with Crippen LogP contribution in [0, 0.1) is 0 Å². The zero-order valence-electron chi connectivity index (χ0n) is 18.0. The van der Waals surface area contributed by atoms with Gasteiger partial charge in [0.1, 0.15) is 12.6 Å². The SMILES string of the molecule is CC(NCCCN(CCCCCCCC=O)CCCCCCCC=O)C(N)=O. The summed E-state index contributed by atoms with van der Waals surface area (Å²) in [5, 5.41) is 3.17. The highest BCUT2D eigenvalue weighted by Crippen LogP contribution is 2.09. The van der Waals surface area contributed by atoms with E-state index in [2.05, 4.69) is 10.2 Å². The number of nitrogens with zero attached hydrogens (tertiary/aromatic N) is 1. The van der Waals surface area contributed by atoms with Gasteiger partial charge in [0.05, 0.1) is 6.04 Å². The maximum absolute atomic E-state index is 11.1. The molecule has 3 N–H and O–H groups in total. The Morgan fingerprint density at radius 3 is 1.68 bits per heavy atom. The van der Waals surface area contributed by atoms with Crippen molar-refractivity contribution < 1.29 is 14.4 Å². The molecule has 164 valence electrons. The molecule has 0 rings (SSSR count). The highest BCUT2D eigenvalue weighted by atomic mass is 16.1. The van der Waals surface area contributed by atoms with Gasteiger partial charge in [0.15, 0.2) is 0 Å². The number of amides is 1. The van der Waals surface area contributed by atoms with Crippen molar-refractivity contribution in [3.63, 3.8) is 0 Å². The number of aldehydes is 2. The summed E-state index contributed by atoms with van der Waals surface area (Å²) in [6, 6.07) is -0.272. The molecule has 0 spiro atoms. The van der Waals surface area contributed by atoms with Crippen LogP contribution in [0.2, 0.25) is 0 Å². The fourth-order valence-electron chi connectivity index (χ4n) is 3.24. The molecule has 0 aromatic carbocycles. The highest BCUT2D eigenvalue weighted by molar-refractivity contribution is 5.79. The summed E-state index contributed by atoms with van der Waals surface area (Å²) >= 11 is 0. The quantitative estimate of drug-likeness (QED) is 0.216. The van der Waals surface area contributed by atoms with Crippen molar-refractivity contribution in [3.05, 3.63) is 0 Å². The maximum Gasteiger partial charge on any atom is 0.234 e.